The number of carbonyl (C=O) groups excluding carboxylic acids is 1. The molecule has 1 aliphatic rings. The van der Waals surface area contributed by atoms with Gasteiger partial charge in [-0.2, -0.15) is 0 Å². The first-order valence-corrected chi connectivity index (χ1v) is 6.90. The second-order valence-electron chi connectivity index (χ2n) is 5.08. The Kier molecular flexibility index (Phi) is 4.95. The van der Waals surface area contributed by atoms with Gasteiger partial charge in [0.1, 0.15) is 0 Å². The van der Waals surface area contributed by atoms with E-state index in [1.54, 1.807) is 17.0 Å². The average molecular weight is 305 g/mol. The number of anilines is 1. The van der Waals surface area contributed by atoms with E-state index in [9.17, 15) is 9.59 Å². The van der Waals surface area contributed by atoms with Crippen molar-refractivity contribution < 1.29 is 14.7 Å². The van der Waals surface area contributed by atoms with Crippen LogP contribution in [0.4, 0.5) is 5.69 Å². The summed E-state index contributed by atoms with van der Waals surface area (Å²) in [5, 5.41) is 19.0. The number of piperazine rings is 1. The lowest BCUT2D eigenvalue weighted by molar-refractivity contribution is -0.117. The van der Waals surface area contributed by atoms with Crippen molar-refractivity contribution in [2.75, 3.05) is 38.0 Å². The molecule has 118 valence electrons. The number of carbonyl (C=O) groups is 2. The van der Waals surface area contributed by atoms with Crippen LogP contribution in [0.15, 0.2) is 24.3 Å². The van der Waals surface area contributed by atoms with Gasteiger partial charge in [0.2, 0.25) is 5.91 Å². The molecule has 2 rings (SSSR count). The van der Waals surface area contributed by atoms with Crippen LogP contribution in [-0.4, -0.2) is 65.5 Å². The maximum atomic E-state index is 12.0. The number of guanidine groups is 1. The molecule has 0 saturated carbocycles. The van der Waals surface area contributed by atoms with Gasteiger partial charge < -0.3 is 21.1 Å². The van der Waals surface area contributed by atoms with E-state index in [1.807, 2.05) is 4.90 Å². The molecule has 0 atom stereocenters. The summed E-state index contributed by atoms with van der Waals surface area (Å²) in [6.07, 6.45) is 0. The normalized spacial score (nSPS) is 15.4. The minimum atomic E-state index is -1.03. The van der Waals surface area contributed by atoms with Gasteiger partial charge in [0, 0.05) is 31.9 Å². The number of nitrogens with two attached hydrogens (primary N) is 1. The summed E-state index contributed by atoms with van der Waals surface area (Å²) < 4.78 is 0. The van der Waals surface area contributed by atoms with E-state index < -0.39 is 5.97 Å². The quantitative estimate of drug-likeness (QED) is 0.452. The molecule has 8 heteroatoms. The highest BCUT2D eigenvalue weighted by Gasteiger charge is 2.19. The fourth-order valence-electron chi connectivity index (χ4n) is 2.28. The molecule has 1 amide bonds. The van der Waals surface area contributed by atoms with E-state index in [0.717, 1.165) is 0 Å². The predicted molar refractivity (Wildman–Crippen MR) is 82.0 cm³/mol. The lowest BCUT2D eigenvalue weighted by Crippen LogP contribution is -2.52. The topological polar surface area (TPSA) is 123 Å². The summed E-state index contributed by atoms with van der Waals surface area (Å²) in [5.41, 5.74) is 6.02. The van der Waals surface area contributed by atoms with Crippen molar-refractivity contribution in [2.24, 2.45) is 5.73 Å². The van der Waals surface area contributed by atoms with Crippen LogP contribution in [0, 0.1) is 5.41 Å². The number of hydrogen-bond donors (Lipinski definition) is 4. The largest absolute Gasteiger partial charge is 0.478 e. The summed E-state index contributed by atoms with van der Waals surface area (Å²) in [4.78, 5) is 26.6. The van der Waals surface area contributed by atoms with E-state index in [0.29, 0.717) is 31.9 Å². The standard InChI is InChI=1S/C14H19N5O3/c15-14(16)19-6-4-18(5-7-19)9-12(20)17-11-3-1-2-10(8-11)13(21)22/h1-3,8H,4-7,9H2,(H3,15,16)(H,17,20)(H,21,22). The van der Waals surface area contributed by atoms with Gasteiger partial charge >= 0.3 is 5.97 Å². The fourth-order valence-corrected chi connectivity index (χ4v) is 2.28. The van der Waals surface area contributed by atoms with Gasteiger partial charge in [-0.15, -0.1) is 0 Å². The number of carboxylic acids is 1. The highest BCUT2D eigenvalue weighted by molar-refractivity contribution is 5.94. The van der Waals surface area contributed by atoms with Crippen LogP contribution in [0.5, 0.6) is 0 Å². The van der Waals surface area contributed by atoms with Crippen LogP contribution in [0.1, 0.15) is 10.4 Å². The predicted octanol–water partition coefficient (Wildman–Crippen LogP) is -0.166. The van der Waals surface area contributed by atoms with Crippen LogP contribution in [0.2, 0.25) is 0 Å². The summed E-state index contributed by atoms with van der Waals surface area (Å²) in [6.45, 7) is 2.78. The molecule has 1 heterocycles. The van der Waals surface area contributed by atoms with Crippen molar-refractivity contribution in [2.45, 2.75) is 0 Å². The molecule has 0 unspecified atom stereocenters. The molecular weight excluding hydrogens is 286 g/mol. The number of aromatic carboxylic acids is 1. The number of nitrogens with zero attached hydrogens (tertiary/aromatic N) is 2. The number of benzene rings is 1. The minimum absolute atomic E-state index is 0.0505. The maximum absolute atomic E-state index is 12.0. The Morgan fingerprint density at radius 2 is 1.95 bits per heavy atom. The number of nitrogens with one attached hydrogen (secondary N) is 2. The van der Waals surface area contributed by atoms with E-state index in [-0.39, 0.29) is 24.0 Å². The molecule has 1 aromatic rings. The Labute approximate surface area is 128 Å². The Morgan fingerprint density at radius 1 is 1.27 bits per heavy atom. The van der Waals surface area contributed by atoms with Crippen molar-refractivity contribution in [1.29, 1.82) is 5.41 Å². The third kappa shape index (κ3) is 4.19. The highest BCUT2D eigenvalue weighted by atomic mass is 16.4. The third-order valence-corrected chi connectivity index (χ3v) is 3.47. The highest BCUT2D eigenvalue weighted by Crippen LogP contribution is 2.11. The van der Waals surface area contributed by atoms with Crippen molar-refractivity contribution in [1.82, 2.24) is 9.80 Å². The van der Waals surface area contributed by atoms with Crippen LogP contribution >= 0.6 is 0 Å². The van der Waals surface area contributed by atoms with Crippen LogP contribution in [0.25, 0.3) is 0 Å². The molecule has 1 fully saturated rings. The fraction of sp³-hybridized carbons (Fsp3) is 0.357. The van der Waals surface area contributed by atoms with Gasteiger partial charge in [0.15, 0.2) is 5.96 Å². The maximum Gasteiger partial charge on any atom is 0.335 e. The number of rotatable bonds is 4. The van der Waals surface area contributed by atoms with Gasteiger partial charge in [-0.3, -0.25) is 15.1 Å². The monoisotopic (exact) mass is 305 g/mol. The van der Waals surface area contributed by atoms with E-state index in [1.165, 1.54) is 12.1 Å². The molecule has 8 nitrogen and oxygen atoms in total. The van der Waals surface area contributed by atoms with E-state index in [2.05, 4.69) is 5.32 Å². The molecular formula is C14H19N5O3. The molecule has 0 aliphatic carbocycles. The lowest BCUT2D eigenvalue weighted by atomic mass is 10.2. The molecule has 0 spiro atoms. The first-order valence-electron chi connectivity index (χ1n) is 6.90. The zero-order valence-electron chi connectivity index (χ0n) is 12.1. The van der Waals surface area contributed by atoms with Crippen LogP contribution in [-0.2, 0) is 4.79 Å². The second-order valence-corrected chi connectivity index (χ2v) is 5.08. The van der Waals surface area contributed by atoms with Gasteiger partial charge in [0.25, 0.3) is 0 Å². The molecule has 22 heavy (non-hydrogen) atoms. The molecule has 1 aliphatic heterocycles. The Bertz CT molecular complexity index is 582. The van der Waals surface area contributed by atoms with Crippen molar-refractivity contribution in [3.63, 3.8) is 0 Å². The molecule has 1 saturated heterocycles. The number of carboxylic acid groups (broad SMARTS) is 1. The van der Waals surface area contributed by atoms with E-state index >= 15 is 0 Å². The smallest absolute Gasteiger partial charge is 0.335 e. The Morgan fingerprint density at radius 3 is 2.55 bits per heavy atom. The molecule has 0 bridgehead atoms. The molecule has 5 N–H and O–H groups in total. The summed E-state index contributed by atoms with van der Waals surface area (Å²) in [6, 6.07) is 6.13. The first kappa shape index (κ1) is 15.8. The number of amides is 1. The van der Waals surface area contributed by atoms with Crippen molar-refractivity contribution >= 4 is 23.5 Å². The minimum Gasteiger partial charge on any atom is -0.478 e. The summed E-state index contributed by atoms with van der Waals surface area (Å²) in [7, 11) is 0. The summed E-state index contributed by atoms with van der Waals surface area (Å²) >= 11 is 0. The second kappa shape index (κ2) is 6.90. The molecule has 0 radical (unpaired) electrons. The lowest BCUT2D eigenvalue weighted by Gasteiger charge is -2.34. The van der Waals surface area contributed by atoms with Crippen molar-refractivity contribution in [3.05, 3.63) is 29.8 Å². The van der Waals surface area contributed by atoms with Crippen molar-refractivity contribution in [3.8, 4) is 0 Å². The summed E-state index contributed by atoms with van der Waals surface area (Å²) in [5.74, 6) is -1.18. The molecule has 0 aromatic heterocycles. The zero-order chi connectivity index (χ0) is 16.1. The van der Waals surface area contributed by atoms with Gasteiger partial charge in [-0.05, 0) is 18.2 Å². The Hall–Kier alpha value is -2.61. The number of hydrogen-bond acceptors (Lipinski definition) is 4. The third-order valence-electron chi connectivity index (χ3n) is 3.47. The van der Waals surface area contributed by atoms with Gasteiger partial charge in [0.05, 0.1) is 12.1 Å². The van der Waals surface area contributed by atoms with E-state index in [4.69, 9.17) is 16.2 Å². The van der Waals surface area contributed by atoms with Gasteiger partial charge in [-0.25, -0.2) is 4.79 Å². The zero-order valence-corrected chi connectivity index (χ0v) is 12.1. The average Bonchev–Trinajstić information content (AvgIpc) is 2.47. The SMILES string of the molecule is N=C(N)N1CCN(CC(=O)Nc2cccc(C(=O)O)c2)CC1. The first-order chi connectivity index (χ1) is 10.5. The van der Waals surface area contributed by atoms with Gasteiger partial charge in [-0.1, -0.05) is 6.07 Å². The Balaban J connectivity index is 1.85. The van der Waals surface area contributed by atoms with Crippen LogP contribution in [0.3, 0.4) is 0 Å². The molecule has 1 aromatic carbocycles. The van der Waals surface area contributed by atoms with Crippen LogP contribution < -0.4 is 11.1 Å².